The quantitative estimate of drug-likeness (QED) is 0.394. The summed E-state index contributed by atoms with van der Waals surface area (Å²) in [5, 5.41) is 2.88. The first-order valence-electron chi connectivity index (χ1n) is 10.0. The molecule has 0 aliphatic rings. The standard InChI is InChI=1S/C24H25ClN2O3S2/c1-17-6-8-19(9-7-17)16-31-13-12-26-24(28)20-10-11-22(25)23(15-20)32(29,30)27-21-5-3-4-18(2)14-21/h3-11,14-15,27H,12-13,16H2,1-2H3,(H,26,28). The smallest absolute Gasteiger partial charge is 0.263 e. The van der Waals surface area contributed by atoms with E-state index in [4.69, 9.17) is 11.6 Å². The van der Waals surface area contributed by atoms with Gasteiger partial charge in [0.25, 0.3) is 15.9 Å². The van der Waals surface area contributed by atoms with Gasteiger partial charge in [-0.05, 0) is 55.3 Å². The average Bonchev–Trinajstić information content (AvgIpc) is 2.74. The van der Waals surface area contributed by atoms with E-state index >= 15 is 0 Å². The Hall–Kier alpha value is -2.48. The normalized spacial score (nSPS) is 11.2. The summed E-state index contributed by atoms with van der Waals surface area (Å²) >= 11 is 7.86. The summed E-state index contributed by atoms with van der Waals surface area (Å²) in [5.74, 6) is 1.27. The Bertz CT molecular complexity index is 1200. The van der Waals surface area contributed by atoms with Gasteiger partial charge in [0.05, 0.1) is 5.02 Å². The second-order valence-corrected chi connectivity index (χ2v) is 10.6. The van der Waals surface area contributed by atoms with E-state index in [1.165, 1.54) is 29.3 Å². The van der Waals surface area contributed by atoms with E-state index in [9.17, 15) is 13.2 Å². The molecule has 0 saturated carbocycles. The molecule has 5 nitrogen and oxygen atoms in total. The van der Waals surface area contributed by atoms with Gasteiger partial charge in [0.1, 0.15) is 4.90 Å². The molecule has 0 radical (unpaired) electrons. The molecule has 0 fully saturated rings. The predicted molar refractivity (Wildman–Crippen MR) is 133 cm³/mol. The lowest BCUT2D eigenvalue weighted by Gasteiger charge is -2.12. The molecule has 32 heavy (non-hydrogen) atoms. The molecular weight excluding hydrogens is 464 g/mol. The predicted octanol–water partition coefficient (Wildman–Crippen LogP) is 5.42. The topological polar surface area (TPSA) is 75.3 Å². The zero-order valence-electron chi connectivity index (χ0n) is 17.9. The fraction of sp³-hybridized carbons (Fsp3) is 0.208. The molecule has 0 aliphatic heterocycles. The Kier molecular flexibility index (Phi) is 8.23. The van der Waals surface area contributed by atoms with Gasteiger partial charge >= 0.3 is 0 Å². The van der Waals surface area contributed by atoms with E-state index < -0.39 is 10.0 Å². The molecule has 0 aromatic heterocycles. The summed E-state index contributed by atoms with van der Waals surface area (Å²) in [7, 11) is -3.95. The SMILES string of the molecule is Cc1ccc(CSCCNC(=O)c2ccc(Cl)c(S(=O)(=O)Nc3cccc(C)c3)c2)cc1. The third kappa shape index (κ3) is 6.76. The molecule has 3 rings (SSSR count). The molecule has 3 aromatic rings. The molecule has 2 N–H and O–H groups in total. The van der Waals surface area contributed by atoms with Crippen molar-refractivity contribution < 1.29 is 13.2 Å². The van der Waals surface area contributed by atoms with Crippen molar-refractivity contribution in [1.82, 2.24) is 5.32 Å². The van der Waals surface area contributed by atoms with E-state index in [0.29, 0.717) is 12.2 Å². The van der Waals surface area contributed by atoms with Crippen molar-refractivity contribution in [3.8, 4) is 0 Å². The van der Waals surface area contributed by atoms with Gasteiger partial charge < -0.3 is 5.32 Å². The third-order valence-electron chi connectivity index (χ3n) is 4.67. The van der Waals surface area contributed by atoms with Crippen LogP contribution < -0.4 is 10.0 Å². The number of carbonyl (C=O) groups excluding carboxylic acids is 1. The summed E-state index contributed by atoms with van der Waals surface area (Å²) in [4.78, 5) is 12.4. The molecule has 0 aliphatic carbocycles. The Morgan fingerprint density at radius 3 is 2.44 bits per heavy atom. The van der Waals surface area contributed by atoms with Crippen LogP contribution in [0.3, 0.4) is 0 Å². The van der Waals surface area contributed by atoms with Gasteiger partial charge in [-0.3, -0.25) is 9.52 Å². The molecular formula is C24H25ClN2O3S2. The van der Waals surface area contributed by atoms with E-state index in [-0.39, 0.29) is 21.4 Å². The highest BCUT2D eigenvalue weighted by Gasteiger charge is 2.20. The zero-order chi connectivity index (χ0) is 23.1. The number of rotatable bonds is 9. The molecule has 0 bridgehead atoms. The highest BCUT2D eigenvalue weighted by atomic mass is 35.5. The first-order valence-corrected chi connectivity index (χ1v) is 13.1. The minimum atomic E-state index is -3.95. The number of carbonyl (C=O) groups is 1. The van der Waals surface area contributed by atoms with Crippen LogP contribution in [0.5, 0.6) is 0 Å². The largest absolute Gasteiger partial charge is 0.351 e. The van der Waals surface area contributed by atoms with Crippen molar-refractivity contribution in [3.63, 3.8) is 0 Å². The number of hydrogen-bond donors (Lipinski definition) is 2. The van der Waals surface area contributed by atoms with Gasteiger partial charge in [0.2, 0.25) is 0 Å². The van der Waals surface area contributed by atoms with E-state index in [0.717, 1.165) is 17.1 Å². The lowest BCUT2D eigenvalue weighted by molar-refractivity contribution is 0.0956. The maximum Gasteiger partial charge on any atom is 0.263 e. The van der Waals surface area contributed by atoms with Crippen molar-refractivity contribution in [3.05, 3.63) is 94.0 Å². The van der Waals surface area contributed by atoms with Gasteiger partial charge in [0.15, 0.2) is 0 Å². The van der Waals surface area contributed by atoms with Crippen LogP contribution in [-0.4, -0.2) is 26.6 Å². The zero-order valence-corrected chi connectivity index (χ0v) is 20.3. The van der Waals surface area contributed by atoms with Crippen LogP contribution in [0, 0.1) is 13.8 Å². The number of thioether (sulfide) groups is 1. The second kappa shape index (κ2) is 10.9. The number of anilines is 1. The fourth-order valence-electron chi connectivity index (χ4n) is 2.98. The molecule has 8 heteroatoms. The van der Waals surface area contributed by atoms with Crippen molar-refractivity contribution >= 4 is 45.0 Å². The lowest BCUT2D eigenvalue weighted by atomic mass is 10.2. The summed E-state index contributed by atoms with van der Waals surface area (Å²) in [6, 6.07) is 19.6. The Morgan fingerprint density at radius 1 is 0.969 bits per heavy atom. The van der Waals surface area contributed by atoms with Gasteiger partial charge in [-0.25, -0.2) is 8.42 Å². The summed E-state index contributed by atoms with van der Waals surface area (Å²) in [5.41, 5.74) is 4.05. The van der Waals surface area contributed by atoms with E-state index in [1.807, 2.05) is 13.0 Å². The molecule has 0 atom stereocenters. The van der Waals surface area contributed by atoms with Crippen LogP contribution in [0.2, 0.25) is 5.02 Å². The fourth-order valence-corrected chi connectivity index (χ4v) is 5.38. The molecule has 1 amide bonds. The first-order chi connectivity index (χ1) is 15.2. The van der Waals surface area contributed by atoms with Crippen LogP contribution in [0.25, 0.3) is 0 Å². The maximum atomic E-state index is 12.8. The maximum absolute atomic E-state index is 12.8. The highest BCUT2D eigenvalue weighted by molar-refractivity contribution is 7.98. The Balaban J connectivity index is 1.59. The van der Waals surface area contributed by atoms with Gasteiger partial charge in [-0.1, -0.05) is 53.6 Å². The molecule has 168 valence electrons. The van der Waals surface area contributed by atoms with Crippen molar-refractivity contribution in [1.29, 1.82) is 0 Å². The minimum absolute atomic E-state index is 0.0513. The highest BCUT2D eigenvalue weighted by Crippen LogP contribution is 2.25. The van der Waals surface area contributed by atoms with Crippen molar-refractivity contribution in [2.45, 2.75) is 24.5 Å². The van der Waals surface area contributed by atoms with Crippen LogP contribution >= 0.6 is 23.4 Å². The summed E-state index contributed by atoms with van der Waals surface area (Å²) < 4.78 is 28.2. The molecule has 0 unspecified atom stereocenters. The monoisotopic (exact) mass is 488 g/mol. The number of benzene rings is 3. The summed E-state index contributed by atoms with van der Waals surface area (Å²) in [6.45, 7) is 4.40. The molecule has 0 heterocycles. The average molecular weight is 489 g/mol. The number of hydrogen-bond acceptors (Lipinski definition) is 4. The second-order valence-electron chi connectivity index (χ2n) is 7.41. The number of amides is 1. The number of aryl methyl sites for hydroxylation is 2. The lowest BCUT2D eigenvalue weighted by Crippen LogP contribution is -2.26. The van der Waals surface area contributed by atoms with Crippen LogP contribution in [0.15, 0.2) is 71.6 Å². The molecule has 3 aromatic carbocycles. The van der Waals surface area contributed by atoms with Crippen LogP contribution in [0.1, 0.15) is 27.0 Å². The number of nitrogens with one attached hydrogen (secondary N) is 2. The Labute approximate surface area is 198 Å². The number of halogens is 1. The van der Waals surface area contributed by atoms with Crippen molar-refractivity contribution in [2.24, 2.45) is 0 Å². The number of sulfonamides is 1. The van der Waals surface area contributed by atoms with Crippen LogP contribution in [-0.2, 0) is 15.8 Å². The molecule has 0 spiro atoms. The van der Waals surface area contributed by atoms with Crippen molar-refractivity contribution in [2.75, 3.05) is 17.0 Å². The van der Waals surface area contributed by atoms with E-state index in [2.05, 4.69) is 41.2 Å². The van der Waals surface area contributed by atoms with Gasteiger partial charge in [-0.15, -0.1) is 0 Å². The minimum Gasteiger partial charge on any atom is -0.351 e. The molecule has 0 saturated heterocycles. The van der Waals surface area contributed by atoms with E-state index in [1.54, 1.807) is 30.0 Å². The third-order valence-corrected chi connectivity index (χ3v) is 7.57. The Morgan fingerprint density at radius 2 is 1.72 bits per heavy atom. The van der Waals surface area contributed by atoms with Gasteiger partial charge in [-0.2, -0.15) is 11.8 Å². The van der Waals surface area contributed by atoms with Gasteiger partial charge in [0, 0.05) is 29.3 Å². The summed E-state index contributed by atoms with van der Waals surface area (Å²) in [6.07, 6.45) is 0. The first kappa shape index (κ1) is 24.2. The van der Waals surface area contributed by atoms with Crippen LogP contribution in [0.4, 0.5) is 5.69 Å².